The van der Waals surface area contributed by atoms with Crippen LogP contribution in [-0.4, -0.2) is 63.1 Å². The van der Waals surface area contributed by atoms with E-state index in [2.05, 4.69) is 54.9 Å². The summed E-state index contributed by atoms with van der Waals surface area (Å²) in [6, 6.07) is 9.05. The van der Waals surface area contributed by atoms with Gasteiger partial charge in [0.25, 0.3) is 0 Å². The third-order valence-electron chi connectivity index (χ3n) is 5.12. The van der Waals surface area contributed by atoms with Gasteiger partial charge in [-0.2, -0.15) is 0 Å². The van der Waals surface area contributed by atoms with Gasteiger partial charge in [0.15, 0.2) is 0 Å². The maximum absolute atomic E-state index is 14.0. The van der Waals surface area contributed by atoms with Crippen molar-refractivity contribution in [2.75, 3.05) is 33.1 Å². The predicted molar refractivity (Wildman–Crippen MR) is 161 cm³/mol. The molecule has 2 amide bonds. The summed E-state index contributed by atoms with van der Waals surface area (Å²) < 4.78 is 33.8. The molecule has 0 saturated carbocycles. The van der Waals surface area contributed by atoms with Gasteiger partial charge in [-0.3, -0.25) is 0 Å². The topological polar surface area (TPSA) is 69.2 Å². The molecule has 0 fully saturated rings. The minimum absolute atomic E-state index is 0.0701. The molecule has 12 heteroatoms. The third-order valence-corrected chi connectivity index (χ3v) is 6.00. The molecule has 2 aromatic rings. The molecule has 0 saturated heterocycles. The van der Waals surface area contributed by atoms with Gasteiger partial charge in [0.05, 0.1) is 0 Å². The first kappa shape index (κ1) is 30.9. The second-order valence-electron chi connectivity index (χ2n) is 7.96. The van der Waals surface area contributed by atoms with E-state index in [1.165, 1.54) is 22.0 Å². The molecule has 0 bridgehead atoms. The van der Waals surface area contributed by atoms with Crippen molar-refractivity contribution in [2.24, 2.45) is 4.99 Å². The van der Waals surface area contributed by atoms with Crippen molar-refractivity contribution in [1.82, 2.24) is 15.1 Å². The summed E-state index contributed by atoms with van der Waals surface area (Å²) in [5, 5.41) is 6.11. The van der Waals surface area contributed by atoms with Crippen LogP contribution in [0.1, 0.15) is 5.56 Å². The van der Waals surface area contributed by atoms with Gasteiger partial charge in [-0.15, -0.1) is 0 Å². The van der Waals surface area contributed by atoms with Crippen LogP contribution in [-0.2, 0) is 6.54 Å². The first-order chi connectivity index (χ1) is 18.1. The Labute approximate surface area is 233 Å². The van der Waals surface area contributed by atoms with Crippen LogP contribution < -0.4 is 20.7 Å². The molecule has 1 unspecified atom stereocenters. The fraction of sp³-hybridized carbons (Fsp3) is 0.192. The predicted octanol–water partition coefficient (Wildman–Crippen LogP) is 4.02. The van der Waals surface area contributed by atoms with E-state index in [4.69, 9.17) is 4.74 Å². The molecule has 2 aromatic carbocycles. The van der Waals surface area contributed by atoms with Crippen molar-refractivity contribution in [1.29, 1.82) is 0 Å². The van der Waals surface area contributed by atoms with Crippen molar-refractivity contribution in [3.8, 4) is 5.75 Å². The zero-order chi connectivity index (χ0) is 28.2. The van der Waals surface area contributed by atoms with Crippen molar-refractivity contribution in [2.45, 2.75) is 6.54 Å². The Kier molecular flexibility index (Phi) is 12.4. The van der Waals surface area contributed by atoms with E-state index in [0.717, 1.165) is 16.1 Å². The Balaban J connectivity index is 2.40. The van der Waals surface area contributed by atoms with E-state index >= 15 is 0 Å². The van der Waals surface area contributed by atoms with Crippen LogP contribution in [0.5, 0.6) is 5.75 Å². The number of ether oxygens (including phenoxy) is 1. The monoisotopic (exact) mass is 603 g/mol. The number of carbonyl (C=O) groups is 1. The fourth-order valence-electron chi connectivity index (χ4n) is 3.19. The summed E-state index contributed by atoms with van der Waals surface area (Å²) in [6.07, 6.45) is 6.67. The van der Waals surface area contributed by atoms with Gasteiger partial charge in [-0.25, -0.2) is 0 Å². The minimum atomic E-state index is -0.976. The summed E-state index contributed by atoms with van der Waals surface area (Å²) in [4.78, 5) is 20.4. The second-order valence-corrected chi connectivity index (χ2v) is 9.50. The molecule has 2 N–H and O–H groups in total. The summed E-state index contributed by atoms with van der Waals surface area (Å²) in [6.45, 7) is 4.12. The molecule has 0 aliphatic heterocycles. The number of rotatable bonds is 10. The zero-order valence-electron chi connectivity index (χ0n) is 21.5. The Bertz CT molecular complexity index is 1230. The van der Waals surface area contributed by atoms with Gasteiger partial charge < -0.3 is 0 Å². The van der Waals surface area contributed by atoms with Gasteiger partial charge >= 0.3 is 227 Å². The molecule has 200 valence electrons. The van der Waals surface area contributed by atoms with E-state index in [1.54, 1.807) is 57.7 Å². The molecule has 0 aliphatic rings. The van der Waals surface area contributed by atoms with Crippen LogP contribution in [0.2, 0.25) is 0 Å². The van der Waals surface area contributed by atoms with Crippen LogP contribution in [0.3, 0.4) is 0 Å². The molecule has 0 heterocycles. The summed E-state index contributed by atoms with van der Waals surface area (Å²) in [7, 11) is 10.9. The number of nitrogens with one attached hydrogen (secondary N) is 2. The third kappa shape index (κ3) is 9.22. The van der Waals surface area contributed by atoms with Gasteiger partial charge in [0.2, 0.25) is 0 Å². The fourth-order valence-corrected chi connectivity index (χ4v) is 4.07. The number of urea groups is 1. The Hall–Kier alpha value is -3.30. The van der Waals surface area contributed by atoms with Crippen molar-refractivity contribution >= 4 is 61.7 Å². The summed E-state index contributed by atoms with van der Waals surface area (Å²) in [5.74, 6) is -1.12. The number of hydrogen-bond donors (Lipinski definition) is 2. The average molecular weight is 604 g/mol. The number of allylic oxidation sites excluding steroid dienone is 2. The normalized spacial score (nSPS) is 12.0. The van der Waals surface area contributed by atoms with Gasteiger partial charge in [-0.1, -0.05) is 0 Å². The molecule has 0 radical (unpaired) electrons. The molecule has 0 spiro atoms. The first-order valence-electron chi connectivity index (χ1n) is 11.3. The Morgan fingerprint density at radius 3 is 2.53 bits per heavy atom. The Morgan fingerprint density at radius 2 is 1.97 bits per heavy atom. The number of benzene rings is 2. The molecule has 7 nitrogen and oxygen atoms in total. The molecular formula is C26H30BBrF2N5O2P. The quantitative estimate of drug-likeness (QED) is 0.141. The van der Waals surface area contributed by atoms with Gasteiger partial charge in [0.1, 0.15) is 0 Å². The number of methoxy groups -OCH3 is 1. The number of nitrogens with zero attached hydrogens (tertiary/aromatic N) is 3. The van der Waals surface area contributed by atoms with Gasteiger partial charge in [-0.05, 0) is 0 Å². The summed E-state index contributed by atoms with van der Waals surface area (Å²) >= 11 is 3.42. The number of halogens is 3. The number of carbonyl (C=O) groups excluding carboxylic acids is 1. The van der Waals surface area contributed by atoms with Crippen LogP contribution in [0.4, 0.5) is 19.3 Å². The molecule has 2 rings (SSSR count). The number of likely N-dealkylation sites (N-methyl/N-ethyl adjacent to an activating group) is 1. The van der Waals surface area contributed by atoms with Crippen LogP contribution in [0.15, 0.2) is 76.4 Å². The van der Waals surface area contributed by atoms with E-state index in [0.29, 0.717) is 17.0 Å². The standard InChI is InChI=1S/C26H30BBrF2N5O2P/c1-5-17(10-19(28)13-31-2)14-34(3)26(36)33-25(32-20-6-8-21(37-4)9-7-20)35(16-27)15-18-11-22(29)24(30)23(38)12-18/h5-13,16,27,31H,1,14-15,38H2,2-4H3,(H,32,33,36)/b17-10+,19-13+. The summed E-state index contributed by atoms with van der Waals surface area (Å²) in [5.41, 5.74) is 1.85. The van der Waals surface area contributed by atoms with Crippen molar-refractivity contribution in [3.63, 3.8) is 0 Å². The van der Waals surface area contributed by atoms with Crippen molar-refractivity contribution in [3.05, 3.63) is 88.6 Å². The zero-order valence-corrected chi connectivity index (χ0v) is 24.2. The maximum atomic E-state index is 14.0. The average Bonchev–Trinajstić information content (AvgIpc) is 2.89. The van der Waals surface area contributed by atoms with Crippen LogP contribution in [0, 0.1) is 11.6 Å². The van der Waals surface area contributed by atoms with E-state index in [9.17, 15) is 13.6 Å². The number of guanidine groups is 1. The van der Waals surface area contributed by atoms with E-state index in [1.807, 2.05) is 6.08 Å². The number of anilines is 1. The number of hydrogen-bond acceptors (Lipinski definition) is 3. The SMILES string of the molecule is B=CN(Cc1cc(F)c(F)c(P)c1)/C(=N\C(=O)N(C)C/C(C=C)=C/C(Br)=C\NC)Nc1ccc(OC)cc1. The Morgan fingerprint density at radius 1 is 1.29 bits per heavy atom. The molecular weight excluding hydrogens is 574 g/mol. The second kappa shape index (κ2) is 15.2. The van der Waals surface area contributed by atoms with E-state index < -0.39 is 17.7 Å². The molecule has 1 atom stereocenters. The molecule has 0 aliphatic carbocycles. The van der Waals surface area contributed by atoms with Crippen molar-refractivity contribution < 1.29 is 18.3 Å². The van der Waals surface area contributed by atoms with E-state index in [-0.39, 0.29) is 24.4 Å². The molecule has 38 heavy (non-hydrogen) atoms. The van der Waals surface area contributed by atoms with Crippen LogP contribution in [0.25, 0.3) is 0 Å². The van der Waals surface area contributed by atoms with Gasteiger partial charge in [0, 0.05) is 7.05 Å². The molecule has 0 aromatic heterocycles. The number of amides is 2. The number of aliphatic imine (C=N–C) groups is 1. The van der Waals surface area contributed by atoms with Crippen LogP contribution >= 0.6 is 25.2 Å². The first-order valence-corrected chi connectivity index (χ1v) is 12.7.